The highest BCUT2D eigenvalue weighted by Crippen LogP contribution is 1.85. The number of hydrogen-bond donors (Lipinski definition) is 2. The zero-order valence-electron chi connectivity index (χ0n) is 4.35. The van der Waals surface area contributed by atoms with Gasteiger partial charge in [-0.1, -0.05) is 0 Å². The van der Waals surface area contributed by atoms with Gasteiger partial charge in [0.2, 0.25) is 0 Å². The molecule has 0 unspecified atom stereocenters. The summed E-state index contributed by atoms with van der Waals surface area (Å²) in [5.41, 5.74) is 0. The average Bonchev–Trinajstić information content (AvgIpc) is 1.66. The van der Waals surface area contributed by atoms with Gasteiger partial charge in [0.05, 0.1) is 0 Å². The van der Waals surface area contributed by atoms with Crippen LogP contribution in [0.3, 0.4) is 0 Å². The fourth-order valence-corrected chi connectivity index (χ4v) is 0.440. The molecule has 0 aromatic rings. The van der Waals surface area contributed by atoms with Crippen LogP contribution in [0.1, 0.15) is 12.8 Å². The minimum atomic E-state index is -0.781. The molecule has 0 aromatic heterocycles. The van der Waals surface area contributed by atoms with Gasteiger partial charge in [-0.25, -0.2) is 4.84 Å². The zero-order valence-corrected chi connectivity index (χ0v) is 5.11. The topological polar surface area (TPSA) is 49.3 Å². The van der Waals surface area contributed by atoms with Crippen molar-refractivity contribution in [3.05, 3.63) is 0 Å². The maximum Gasteiger partial charge on any atom is 0.303 e. The van der Waals surface area contributed by atoms with E-state index in [4.69, 9.17) is 16.9 Å². The van der Waals surface area contributed by atoms with Crippen molar-refractivity contribution < 1.29 is 9.90 Å². The predicted octanol–water partition coefficient (Wildman–Crippen LogP) is 0.595. The lowest BCUT2D eigenvalue weighted by molar-refractivity contribution is -0.137. The highest BCUT2D eigenvalue weighted by atomic mass is 35.5. The summed E-state index contributed by atoms with van der Waals surface area (Å²) in [7, 11) is 0. The van der Waals surface area contributed by atoms with E-state index in [1.54, 1.807) is 0 Å². The van der Waals surface area contributed by atoms with Gasteiger partial charge in [-0.2, -0.15) is 0 Å². The lowest BCUT2D eigenvalue weighted by atomic mass is 10.3. The Hall–Kier alpha value is -0.280. The standard InChI is InChI=1S/C4H8ClNO2/c5-6-3-1-2-4(7)8/h6H,1-3H2,(H,7,8). The predicted molar refractivity (Wildman–Crippen MR) is 30.7 cm³/mol. The summed E-state index contributed by atoms with van der Waals surface area (Å²) in [5, 5.41) is 8.07. The molecule has 0 saturated heterocycles. The summed E-state index contributed by atoms with van der Waals surface area (Å²) in [6, 6.07) is 0. The summed E-state index contributed by atoms with van der Waals surface area (Å²) in [4.78, 5) is 12.1. The summed E-state index contributed by atoms with van der Waals surface area (Å²) in [6.07, 6.45) is 0.762. The molecule has 0 heterocycles. The molecule has 0 aliphatic carbocycles. The molecule has 48 valence electrons. The fourth-order valence-electron chi connectivity index (χ4n) is 0.306. The first-order valence-electron chi connectivity index (χ1n) is 2.32. The second-order valence-electron chi connectivity index (χ2n) is 1.38. The lowest BCUT2D eigenvalue weighted by Crippen LogP contribution is -2.04. The number of carbonyl (C=O) groups is 1. The van der Waals surface area contributed by atoms with Crippen molar-refractivity contribution in [2.24, 2.45) is 0 Å². The smallest absolute Gasteiger partial charge is 0.303 e. The summed E-state index contributed by atoms with van der Waals surface area (Å²) in [6.45, 7) is 0.549. The molecule has 0 aromatic carbocycles. The van der Waals surface area contributed by atoms with Crippen LogP contribution in [0.4, 0.5) is 0 Å². The molecule has 0 spiro atoms. The second-order valence-corrected chi connectivity index (χ2v) is 1.65. The molecule has 0 aliphatic rings. The van der Waals surface area contributed by atoms with E-state index in [9.17, 15) is 4.79 Å². The van der Waals surface area contributed by atoms with Crippen molar-refractivity contribution in [1.29, 1.82) is 0 Å². The Bertz CT molecular complexity index is 76.4. The van der Waals surface area contributed by atoms with Crippen LogP contribution in [0.25, 0.3) is 0 Å². The van der Waals surface area contributed by atoms with Crippen LogP contribution in [0, 0.1) is 0 Å². The van der Waals surface area contributed by atoms with Crippen molar-refractivity contribution in [2.75, 3.05) is 6.54 Å². The third-order valence-electron chi connectivity index (χ3n) is 0.662. The first kappa shape index (κ1) is 7.72. The van der Waals surface area contributed by atoms with Crippen LogP contribution in [-0.2, 0) is 4.79 Å². The van der Waals surface area contributed by atoms with Crippen molar-refractivity contribution in [2.45, 2.75) is 12.8 Å². The average molecular weight is 138 g/mol. The van der Waals surface area contributed by atoms with Crippen molar-refractivity contribution in [1.82, 2.24) is 4.84 Å². The number of carboxylic acid groups (broad SMARTS) is 1. The first-order valence-corrected chi connectivity index (χ1v) is 2.70. The minimum Gasteiger partial charge on any atom is -0.481 e. The molecule has 4 heteroatoms. The van der Waals surface area contributed by atoms with Gasteiger partial charge in [-0.3, -0.25) is 4.79 Å². The molecule has 0 fully saturated rings. The highest BCUT2D eigenvalue weighted by molar-refractivity contribution is 6.13. The first-order chi connectivity index (χ1) is 3.77. The molecule has 8 heavy (non-hydrogen) atoms. The highest BCUT2D eigenvalue weighted by Gasteiger charge is 1.92. The number of aliphatic carboxylic acids is 1. The largest absolute Gasteiger partial charge is 0.481 e. The van der Waals surface area contributed by atoms with Crippen LogP contribution < -0.4 is 4.84 Å². The third kappa shape index (κ3) is 5.72. The molecular formula is C4H8ClNO2. The molecule has 0 rings (SSSR count). The second kappa shape index (κ2) is 4.87. The number of nitrogens with one attached hydrogen (secondary N) is 1. The quantitative estimate of drug-likeness (QED) is 0.441. The molecule has 0 saturated carbocycles. The Morgan fingerprint density at radius 3 is 2.75 bits per heavy atom. The van der Waals surface area contributed by atoms with E-state index in [2.05, 4.69) is 4.84 Å². The van der Waals surface area contributed by atoms with Crippen LogP contribution in [0.2, 0.25) is 0 Å². The summed E-state index contributed by atoms with van der Waals surface area (Å²) in [5.74, 6) is -0.781. The Kier molecular flexibility index (Phi) is 4.70. The maximum atomic E-state index is 9.80. The monoisotopic (exact) mass is 137 g/mol. The van der Waals surface area contributed by atoms with E-state index < -0.39 is 5.97 Å². The zero-order chi connectivity index (χ0) is 6.41. The normalized spacial score (nSPS) is 9.12. The van der Waals surface area contributed by atoms with E-state index in [1.165, 1.54) is 0 Å². The van der Waals surface area contributed by atoms with Gasteiger partial charge in [0.25, 0.3) is 0 Å². The third-order valence-corrected chi connectivity index (χ3v) is 0.851. The van der Waals surface area contributed by atoms with Gasteiger partial charge in [0, 0.05) is 13.0 Å². The van der Waals surface area contributed by atoms with E-state index >= 15 is 0 Å². The van der Waals surface area contributed by atoms with Crippen LogP contribution in [-0.4, -0.2) is 17.6 Å². The van der Waals surface area contributed by atoms with Crippen LogP contribution >= 0.6 is 11.8 Å². The molecule has 0 radical (unpaired) electrons. The van der Waals surface area contributed by atoms with Crippen LogP contribution in [0.15, 0.2) is 0 Å². The Morgan fingerprint density at radius 1 is 1.75 bits per heavy atom. The molecule has 3 nitrogen and oxygen atoms in total. The van der Waals surface area contributed by atoms with Gasteiger partial charge in [0.1, 0.15) is 0 Å². The van der Waals surface area contributed by atoms with E-state index in [0.29, 0.717) is 13.0 Å². The summed E-state index contributed by atoms with van der Waals surface area (Å²) >= 11 is 5.04. The molecule has 0 aliphatic heterocycles. The van der Waals surface area contributed by atoms with E-state index in [1.807, 2.05) is 0 Å². The van der Waals surface area contributed by atoms with Crippen LogP contribution in [0.5, 0.6) is 0 Å². The minimum absolute atomic E-state index is 0.180. The van der Waals surface area contributed by atoms with E-state index in [-0.39, 0.29) is 6.42 Å². The number of carboxylic acids is 1. The van der Waals surface area contributed by atoms with Gasteiger partial charge in [-0.05, 0) is 18.2 Å². The number of hydrogen-bond acceptors (Lipinski definition) is 2. The van der Waals surface area contributed by atoms with Gasteiger partial charge >= 0.3 is 5.97 Å². The number of rotatable bonds is 4. The SMILES string of the molecule is O=C(O)CCCNCl. The number of halogens is 1. The molecule has 2 N–H and O–H groups in total. The van der Waals surface area contributed by atoms with Crippen molar-refractivity contribution >= 4 is 17.7 Å². The van der Waals surface area contributed by atoms with Gasteiger partial charge < -0.3 is 5.11 Å². The lowest BCUT2D eigenvalue weighted by Gasteiger charge is -1.90. The maximum absolute atomic E-state index is 9.80. The van der Waals surface area contributed by atoms with Gasteiger partial charge in [-0.15, -0.1) is 0 Å². The van der Waals surface area contributed by atoms with E-state index in [0.717, 1.165) is 0 Å². The Morgan fingerprint density at radius 2 is 2.38 bits per heavy atom. The molecule has 0 bridgehead atoms. The Labute approximate surface area is 52.8 Å². The molecule has 0 amide bonds. The van der Waals surface area contributed by atoms with Crippen molar-refractivity contribution in [3.8, 4) is 0 Å². The van der Waals surface area contributed by atoms with Gasteiger partial charge in [0.15, 0.2) is 0 Å². The van der Waals surface area contributed by atoms with Crippen molar-refractivity contribution in [3.63, 3.8) is 0 Å². The Balaban J connectivity index is 2.82. The fraction of sp³-hybridized carbons (Fsp3) is 0.750. The summed E-state index contributed by atoms with van der Waals surface area (Å²) < 4.78 is 0. The molecule has 0 atom stereocenters. The molecular weight excluding hydrogens is 130 g/mol.